The molecule has 4 heteroatoms. The fourth-order valence-corrected chi connectivity index (χ4v) is 0.581. The molecule has 0 amide bonds. The number of hydrogen-bond acceptors (Lipinski definition) is 4. The summed E-state index contributed by atoms with van der Waals surface area (Å²) in [6, 6.07) is 3.56. The molecule has 1 aromatic heterocycles. The van der Waals surface area contributed by atoms with E-state index in [1.165, 1.54) is 0 Å². The summed E-state index contributed by atoms with van der Waals surface area (Å²) >= 11 is 0. The van der Waals surface area contributed by atoms with Crippen LogP contribution in [0.3, 0.4) is 0 Å². The van der Waals surface area contributed by atoms with Crippen molar-refractivity contribution < 1.29 is 10.2 Å². The van der Waals surface area contributed by atoms with Gasteiger partial charge in [-0.15, -0.1) is 4.99 Å². The first-order chi connectivity index (χ1) is 4.83. The second kappa shape index (κ2) is 3.14. The first-order valence-corrected chi connectivity index (χ1v) is 2.82. The molecule has 0 unspecified atom stereocenters. The van der Waals surface area contributed by atoms with Crippen molar-refractivity contribution in [1.29, 1.82) is 0 Å². The highest BCUT2D eigenvalue weighted by molar-refractivity contribution is 5.38. The summed E-state index contributed by atoms with van der Waals surface area (Å²) in [5.41, 5.74) is 3.77. The average molecular weight is 140 g/mol. The van der Waals surface area contributed by atoms with Crippen molar-refractivity contribution >= 4 is 5.69 Å². The Morgan fingerprint density at radius 2 is 2.40 bits per heavy atom. The maximum atomic E-state index is 7.95. The molecule has 10 heavy (non-hydrogen) atoms. The lowest BCUT2D eigenvalue weighted by molar-refractivity contribution is -0.215. The monoisotopic (exact) mass is 140 g/mol. The first-order valence-electron chi connectivity index (χ1n) is 2.82. The minimum Gasteiger partial charge on any atom is -0.259 e. The second-order valence-electron chi connectivity index (χ2n) is 1.88. The molecule has 0 saturated heterocycles. The smallest absolute Gasteiger partial charge is 0.0818 e. The van der Waals surface area contributed by atoms with Crippen LogP contribution in [0.4, 0.5) is 5.69 Å². The zero-order valence-corrected chi connectivity index (χ0v) is 5.53. The van der Waals surface area contributed by atoms with Gasteiger partial charge >= 0.3 is 0 Å². The summed E-state index contributed by atoms with van der Waals surface area (Å²) in [6.45, 7) is 1.88. The van der Waals surface area contributed by atoms with Crippen LogP contribution in [0, 0.1) is 6.92 Å². The molecular formula is C6H8N2O2. The van der Waals surface area contributed by atoms with E-state index in [2.05, 4.69) is 15.5 Å². The second-order valence-corrected chi connectivity index (χ2v) is 1.88. The highest BCUT2D eigenvalue weighted by Crippen LogP contribution is 2.03. The third-order valence-electron chi connectivity index (χ3n) is 1.07. The number of rotatable bonds is 2. The lowest BCUT2D eigenvalue weighted by atomic mass is 10.3. The topological polar surface area (TPSA) is 54.4 Å². The number of anilines is 1. The lowest BCUT2D eigenvalue weighted by Gasteiger charge is -1.98. The van der Waals surface area contributed by atoms with Crippen molar-refractivity contribution in [3.63, 3.8) is 0 Å². The largest absolute Gasteiger partial charge is 0.259 e. The molecule has 1 aromatic rings. The molecular weight excluding hydrogens is 132 g/mol. The van der Waals surface area contributed by atoms with Gasteiger partial charge in [0.1, 0.15) is 0 Å². The summed E-state index contributed by atoms with van der Waals surface area (Å²) in [5.74, 6) is 0. The Bertz CT molecular complexity index is 197. The van der Waals surface area contributed by atoms with Crippen LogP contribution in [0.15, 0.2) is 18.3 Å². The fourth-order valence-electron chi connectivity index (χ4n) is 0.581. The van der Waals surface area contributed by atoms with Gasteiger partial charge in [-0.2, -0.15) is 0 Å². The van der Waals surface area contributed by atoms with Crippen LogP contribution in [0.5, 0.6) is 0 Å². The SMILES string of the molecule is Cc1ccc(NOO)cn1. The molecule has 1 heterocycles. The van der Waals surface area contributed by atoms with Crippen molar-refractivity contribution in [2.45, 2.75) is 6.92 Å². The molecule has 0 bridgehead atoms. The van der Waals surface area contributed by atoms with Crippen molar-refractivity contribution in [1.82, 2.24) is 4.98 Å². The fraction of sp³-hybridized carbons (Fsp3) is 0.167. The molecule has 0 aliphatic heterocycles. The number of hydrogen-bond donors (Lipinski definition) is 2. The normalized spacial score (nSPS) is 9.40. The number of nitrogens with zero attached hydrogens (tertiary/aromatic N) is 1. The van der Waals surface area contributed by atoms with Gasteiger partial charge in [-0.3, -0.25) is 4.98 Å². The summed E-state index contributed by atoms with van der Waals surface area (Å²) < 4.78 is 0. The van der Waals surface area contributed by atoms with Gasteiger partial charge in [0.2, 0.25) is 0 Å². The Kier molecular flexibility index (Phi) is 2.20. The molecule has 0 aliphatic carbocycles. The molecule has 0 radical (unpaired) electrons. The molecule has 0 saturated carbocycles. The van der Waals surface area contributed by atoms with E-state index in [0.29, 0.717) is 5.69 Å². The van der Waals surface area contributed by atoms with Crippen LogP contribution < -0.4 is 5.48 Å². The first kappa shape index (κ1) is 6.98. The van der Waals surface area contributed by atoms with Gasteiger partial charge in [0.05, 0.1) is 11.9 Å². The lowest BCUT2D eigenvalue weighted by Crippen LogP contribution is -1.96. The van der Waals surface area contributed by atoms with Gasteiger partial charge in [0.15, 0.2) is 0 Å². The molecule has 2 N–H and O–H groups in total. The van der Waals surface area contributed by atoms with Crippen LogP contribution in [0.2, 0.25) is 0 Å². The van der Waals surface area contributed by atoms with E-state index in [1.54, 1.807) is 18.3 Å². The Morgan fingerprint density at radius 3 is 2.90 bits per heavy atom. The van der Waals surface area contributed by atoms with E-state index >= 15 is 0 Å². The van der Waals surface area contributed by atoms with Crippen molar-refractivity contribution in [3.05, 3.63) is 24.0 Å². The molecule has 0 aromatic carbocycles. The van der Waals surface area contributed by atoms with Crippen LogP contribution in [-0.4, -0.2) is 10.2 Å². The van der Waals surface area contributed by atoms with E-state index in [1.807, 2.05) is 6.92 Å². The standard InChI is InChI=1S/C6H8N2O2/c1-5-2-3-6(4-7-5)8-10-9/h2-4,8-9H,1H3. The maximum absolute atomic E-state index is 7.95. The van der Waals surface area contributed by atoms with Crippen LogP contribution in [0.25, 0.3) is 0 Å². The van der Waals surface area contributed by atoms with E-state index in [9.17, 15) is 0 Å². The van der Waals surface area contributed by atoms with Gasteiger partial charge in [0.25, 0.3) is 0 Å². The van der Waals surface area contributed by atoms with Gasteiger partial charge in [-0.1, -0.05) is 0 Å². The quantitative estimate of drug-likeness (QED) is 0.478. The molecule has 0 spiro atoms. The van der Waals surface area contributed by atoms with E-state index in [4.69, 9.17) is 5.26 Å². The number of aromatic nitrogens is 1. The summed E-state index contributed by atoms with van der Waals surface area (Å²) in [6.07, 6.45) is 1.56. The minimum absolute atomic E-state index is 0.619. The van der Waals surface area contributed by atoms with E-state index in [0.717, 1.165) is 5.69 Å². The predicted octanol–water partition coefficient (Wildman–Crippen LogP) is 1.21. The molecule has 0 fully saturated rings. The Hall–Kier alpha value is -1.13. The molecule has 0 aliphatic rings. The predicted molar refractivity (Wildman–Crippen MR) is 36.3 cm³/mol. The zero-order chi connectivity index (χ0) is 7.40. The summed E-state index contributed by atoms with van der Waals surface area (Å²) in [5, 5.41) is 7.95. The van der Waals surface area contributed by atoms with E-state index in [-0.39, 0.29) is 0 Å². The molecule has 54 valence electrons. The van der Waals surface area contributed by atoms with Gasteiger partial charge in [-0.25, -0.2) is 10.7 Å². The van der Waals surface area contributed by atoms with Gasteiger partial charge in [0, 0.05) is 5.69 Å². The Morgan fingerprint density at radius 1 is 1.60 bits per heavy atom. The highest BCUT2D eigenvalue weighted by Gasteiger charge is 1.88. The van der Waals surface area contributed by atoms with Crippen LogP contribution in [0.1, 0.15) is 5.69 Å². The molecule has 1 rings (SSSR count). The molecule has 4 nitrogen and oxygen atoms in total. The third kappa shape index (κ3) is 1.68. The summed E-state index contributed by atoms with van der Waals surface area (Å²) in [7, 11) is 0. The third-order valence-corrected chi connectivity index (χ3v) is 1.07. The van der Waals surface area contributed by atoms with Crippen molar-refractivity contribution in [2.75, 3.05) is 5.48 Å². The Balaban J connectivity index is 2.69. The number of aryl methyl sites for hydroxylation is 1. The van der Waals surface area contributed by atoms with Crippen LogP contribution in [-0.2, 0) is 4.99 Å². The summed E-state index contributed by atoms with van der Waals surface area (Å²) in [4.78, 5) is 7.62. The molecule has 0 atom stereocenters. The maximum Gasteiger partial charge on any atom is 0.0818 e. The van der Waals surface area contributed by atoms with E-state index < -0.39 is 0 Å². The van der Waals surface area contributed by atoms with Crippen molar-refractivity contribution in [2.24, 2.45) is 0 Å². The zero-order valence-electron chi connectivity index (χ0n) is 5.53. The highest BCUT2D eigenvalue weighted by atomic mass is 17.2. The average Bonchev–Trinajstić information content (AvgIpc) is 1.95. The van der Waals surface area contributed by atoms with Gasteiger partial charge in [-0.05, 0) is 19.1 Å². The van der Waals surface area contributed by atoms with Gasteiger partial charge < -0.3 is 0 Å². The van der Waals surface area contributed by atoms with Crippen LogP contribution >= 0.6 is 0 Å². The number of nitrogens with one attached hydrogen (secondary N) is 1. The Labute approximate surface area is 58.4 Å². The minimum atomic E-state index is 0.619. The number of pyridine rings is 1. The van der Waals surface area contributed by atoms with Crippen molar-refractivity contribution in [3.8, 4) is 0 Å².